The Bertz CT molecular complexity index is 430. The second-order valence-electron chi connectivity index (χ2n) is 5.58. The summed E-state index contributed by atoms with van der Waals surface area (Å²) in [6.45, 7) is 6.10. The number of carbonyl (C=O) groups is 1. The first-order valence-corrected chi connectivity index (χ1v) is 6.23. The summed E-state index contributed by atoms with van der Waals surface area (Å²) < 4.78 is 12.9. The van der Waals surface area contributed by atoms with Crippen molar-refractivity contribution in [3.05, 3.63) is 35.6 Å². The summed E-state index contributed by atoms with van der Waals surface area (Å²) in [6, 6.07) is 5.65. The Kier molecular flexibility index (Phi) is 5.30. The van der Waals surface area contributed by atoms with Crippen molar-refractivity contribution in [3.63, 3.8) is 0 Å². The highest BCUT2D eigenvalue weighted by molar-refractivity contribution is 5.73. The summed E-state index contributed by atoms with van der Waals surface area (Å²) in [5.41, 5.74) is 0.405. The Balaban J connectivity index is 2.33. The zero-order valence-corrected chi connectivity index (χ0v) is 11.5. The maximum Gasteiger partial charge on any atom is 0.315 e. The SMILES string of the molecule is CC(C)(C)C(O)CNC(=O)NCc1cccc(F)c1. The van der Waals surface area contributed by atoms with E-state index in [9.17, 15) is 14.3 Å². The van der Waals surface area contributed by atoms with E-state index >= 15 is 0 Å². The maximum atomic E-state index is 12.9. The van der Waals surface area contributed by atoms with Crippen molar-refractivity contribution in [2.24, 2.45) is 5.41 Å². The predicted octanol–water partition coefficient (Wildman–Crippen LogP) is 2.03. The van der Waals surface area contributed by atoms with Crippen LogP contribution < -0.4 is 10.6 Å². The number of benzene rings is 1. The van der Waals surface area contributed by atoms with Gasteiger partial charge in [-0.25, -0.2) is 9.18 Å². The van der Waals surface area contributed by atoms with E-state index in [-0.39, 0.29) is 30.4 Å². The number of amides is 2. The average molecular weight is 268 g/mol. The molecule has 0 saturated heterocycles. The van der Waals surface area contributed by atoms with Crippen LogP contribution in [0.3, 0.4) is 0 Å². The van der Waals surface area contributed by atoms with Gasteiger partial charge in [-0.05, 0) is 23.1 Å². The lowest BCUT2D eigenvalue weighted by Crippen LogP contribution is -2.43. The molecule has 1 unspecified atom stereocenters. The van der Waals surface area contributed by atoms with Crippen molar-refractivity contribution in [2.45, 2.75) is 33.4 Å². The third kappa shape index (κ3) is 5.70. The Hall–Kier alpha value is -1.62. The molecule has 5 heteroatoms. The van der Waals surface area contributed by atoms with Gasteiger partial charge in [0.15, 0.2) is 0 Å². The second-order valence-corrected chi connectivity index (χ2v) is 5.58. The summed E-state index contributed by atoms with van der Waals surface area (Å²) in [5.74, 6) is -0.331. The van der Waals surface area contributed by atoms with Gasteiger partial charge in [0.25, 0.3) is 0 Å². The molecule has 4 nitrogen and oxygen atoms in total. The summed E-state index contributed by atoms with van der Waals surface area (Å²) >= 11 is 0. The Morgan fingerprint density at radius 1 is 1.37 bits per heavy atom. The standard InChI is InChI=1S/C14H21FN2O2/c1-14(2,3)12(18)9-17-13(19)16-8-10-5-4-6-11(15)7-10/h4-7,12,18H,8-9H2,1-3H3,(H2,16,17,19). The summed E-state index contributed by atoms with van der Waals surface area (Å²) in [4.78, 5) is 11.5. The largest absolute Gasteiger partial charge is 0.391 e. The molecule has 0 spiro atoms. The van der Waals surface area contributed by atoms with Gasteiger partial charge in [-0.3, -0.25) is 0 Å². The van der Waals surface area contributed by atoms with E-state index in [0.717, 1.165) is 0 Å². The molecule has 1 aromatic carbocycles. The monoisotopic (exact) mass is 268 g/mol. The van der Waals surface area contributed by atoms with Crippen molar-refractivity contribution in [2.75, 3.05) is 6.54 Å². The predicted molar refractivity (Wildman–Crippen MR) is 72.1 cm³/mol. The molecule has 0 fully saturated rings. The van der Waals surface area contributed by atoms with Crippen LogP contribution in [0.1, 0.15) is 26.3 Å². The fraction of sp³-hybridized carbons (Fsp3) is 0.500. The maximum absolute atomic E-state index is 12.9. The van der Waals surface area contributed by atoms with Gasteiger partial charge in [0.05, 0.1) is 6.10 Å². The molecule has 0 aliphatic heterocycles. The van der Waals surface area contributed by atoms with Gasteiger partial charge in [0.2, 0.25) is 0 Å². The van der Waals surface area contributed by atoms with Crippen LogP contribution in [-0.4, -0.2) is 23.8 Å². The molecule has 0 aromatic heterocycles. The van der Waals surface area contributed by atoms with Crippen LogP contribution in [-0.2, 0) is 6.54 Å². The molecule has 0 bridgehead atoms. The van der Waals surface area contributed by atoms with Crippen LogP contribution >= 0.6 is 0 Å². The minimum absolute atomic E-state index is 0.179. The van der Waals surface area contributed by atoms with Crippen LogP contribution in [0.2, 0.25) is 0 Å². The number of urea groups is 1. The first-order chi connectivity index (χ1) is 8.79. The number of aliphatic hydroxyl groups is 1. The van der Waals surface area contributed by atoms with E-state index in [1.165, 1.54) is 12.1 Å². The third-order valence-corrected chi connectivity index (χ3v) is 2.80. The van der Waals surface area contributed by atoms with Gasteiger partial charge in [-0.1, -0.05) is 32.9 Å². The lowest BCUT2D eigenvalue weighted by molar-refractivity contribution is 0.0650. The van der Waals surface area contributed by atoms with Crippen LogP contribution in [0.4, 0.5) is 9.18 Å². The van der Waals surface area contributed by atoms with Crippen LogP contribution in [0.15, 0.2) is 24.3 Å². The second kappa shape index (κ2) is 6.52. The van der Waals surface area contributed by atoms with E-state index in [1.54, 1.807) is 12.1 Å². The third-order valence-electron chi connectivity index (χ3n) is 2.80. The van der Waals surface area contributed by atoms with Crippen molar-refractivity contribution in [1.82, 2.24) is 10.6 Å². The van der Waals surface area contributed by atoms with Crippen molar-refractivity contribution < 1.29 is 14.3 Å². The molecule has 0 aliphatic rings. The smallest absolute Gasteiger partial charge is 0.315 e. The molecule has 3 N–H and O–H groups in total. The van der Waals surface area contributed by atoms with Gasteiger partial charge in [0.1, 0.15) is 5.82 Å². The summed E-state index contributed by atoms with van der Waals surface area (Å²) in [7, 11) is 0. The normalized spacial score (nSPS) is 12.9. The van der Waals surface area contributed by atoms with Crippen molar-refractivity contribution in [1.29, 1.82) is 0 Å². The molecule has 0 saturated carbocycles. The Morgan fingerprint density at radius 2 is 2.05 bits per heavy atom. The number of carbonyl (C=O) groups excluding carboxylic acids is 1. The molecule has 0 aliphatic carbocycles. The number of hydrogen-bond donors (Lipinski definition) is 3. The Morgan fingerprint density at radius 3 is 2.63 bits per heavy atom. The number of halogens is 1. The number of rotatable bonds is 4. The van der Waals surface area contributed by atoms with E-state index < -0.39 is 6.10 Å². The van der Waals surface area contributed by atoms with Crippen molar-refractivity contribution >= 4 is 6.03 Å². The van der Waals surface area contributed by atoms with Crippen molar-refractivity contribution in [3.8, 4) is 0 Å². The first kappa shape index (κ1) is 15.4. The van der Waals surface area contributed by atoms with Gasteiger partial charge in [-0.2, -0.15) is 0 Å². The van der Waals surface area contributed by atoms with Gasteiger partial charge >= 0.3 is 6.03 Å². The minimum Gasteiger partial charge on any atom is -0.391 e. The molecule has 106 valence electrons. The van der Waals surface area contributed by atoms with Crippen LogP contribution in [0, 0.1) is 11.2 Å². The average Bonchev–Trinajstić information content (AvgIpc) is 2.32. The zero-order valence-electron chi connectivity index (χ0n) is 11.5. The van der Waals surface area contributed by atoms with Gasteiger partial charge in [0, 0.05) is 13.1 Å². The highest BCUT2D eigenvalue weighted by Crippen LogP contribution is 2.17. The zero-order chi connectivity index (χ0) is 14.5. The first-order valence-electron chi connectivity index (χ1n) is 6.23. The molecule has 1 atom stereocenters. The Labute approximate surface area is 113 Å². The highest BCUT2D eigenvalue weighted by atomic mass is 19.1. The van der Waals surface area contributed by atoms with Crippen LogP contribution in [0.25, 0.3) is 0 Å². The molecule has 0 radical (unpaired) electrons. The number of nitrogens with one attached hydrogen (secondary N) is 2. The summed E-state index contributed by atoms with van der Waals surface area (Å²) in [6.07, 6.45) is -0.618. The van der Waals surface area contributed by atoms with E-state index in [1.807, 2.05) is 20.8 Å². The molecular weight excluding hydrogens is 247 g/mol. The minimum atomic E-state index is -0.618. The molecule has 1 aromatic rings. The number of hydrogen-bond acceptors (Lipinski definition) is 2. The molecule has 19 heavy (non-hydrogen) atoms. The molecular formula is C14H21FN2O2. The lowest BCUT2D eigenvalue weighted by Gasteiger charge is -2.25. The van der Waals surface area contributed by atoms with E-state index in [0.29, 0.717) is 5.56 Å². The van der Waals surface area contributed by atoms with Gasteiger partial charge < -0.3 is 15.7 Å². The van der Waals surface area contributed by atoms with Gasteiger partial charge in [-0.15, -0.1) is 0 Å². The lowest BCUT2D eigenvalue weighted by atomic mass is 9.89. The highest BCUT2D eigenvalue weighted by Gasteiger charge is 2.22. The van der Waals surface area contributed by atoms with Crippen LogP contribution in [0.5, 0.6) is 0 Å². The number of aliphatic hydroxyl groups excluding tert-OH is 1. The molecule has 0 heterocycles. The van der Waals surface area contributed by atoms with E-state index in [2.05, 4.69) is 10.6 Å². The fourth-order valence-electron chi connectivity index (χ4n) is 1.39. The quantitative estimate of drug-likeness (QED) is 0.782. The summed E-state index contributed by atoms with van der Waals surface area (Å²) in [5, 5.41) is 14.9. The molecule has 2 amide bonds. The van der Waals surface area contributed by atoms with E-state index in [4.69, 9.17) is 0 Å². The topological polar surface area (TPSA) is 61.4 Å². The fourth-order valence-corrected chi connectivity index (χ4v) is 1.39. The molecule has 1 rings (SSSR count).